The molecule has 0 amide bonds. The summed E-state index contributed by atoms with van der Waals surface area (Å²) in [6.45, 7) is 0. The minimum atomic E-state index is -2.92. The lowest BCUT2D eigenvalue weighted by Crippen LogP contribution is -2.05. The Morgan fingerprint density at radius 1 is 1.50 bits per heavy atom. The highest BCUT2D eigenvalue weighted by Crippen LogP contribution is 2.27. The van der Waals surface area contributed by atoms with Gasteiger partial charge in [-0.1, -0.05) is 5.92 Å². The number of carbonyl (C=O) groups is 1. The lowest BCUT2D eigenvalue weighted by molar-refractivity contribution is -0.123. The quantitative estimate of drug-likeness (QED) is 0.399. The molecule has 1 aliphatic rings. The van der Waals surface area contributed by atoms with Crippen molar-refractivity contribution in [2.75, 3.05) is 0 Å². The highest BCUT2D eigenvalue weighted by molar-refractivity contribution is 5.97. The van der Waals surface area contributed by atoms with Crippen molar-refractivity contribution >= 4 is 5.78 Å². The summed E-state index contributed by atoms with van der Waals surface area (Å²) in [6, 6.07) is 0. The van der Waals surface area contributed by atoms with Crippen LogP contribution in [-0.4, -0.2) is 12.2 Å². The molecule has 0 aliphatic heterocycles. The summed E-state index contributed by atoms with van der Waals surface area (Å²) >= 11 is 0. The van der Waals surface area contributed by atoms with Crippen molar-refractivity contribution in [2.24, 2.45) is 5.92 Å². The van der Waals surface area contributed by atoms with E-state index in [4.69, 9.17) is 0 Å². The molecule has 0 N–H and O–H groups in total. The molecule has 3 heteroatoms. The summed E-state index contributed by atoms with van der Waals surface area (Å²) in [7, 11) is 0. The largest absolute Gasteiger partial charge is 0.308 e. The van der Waals surface area contributed by atoms with E-state index in [1.54, 1.807) is 0 Å². The average Bonchev–Trinajstić information content (AvgIpc) is 2.64. The Morgan fingerprint density at radius 3 is 2.50 bits per heavy atom. The fraction of sp³-hybridized carbons (Fsp3) is 0.571. The van der Waals surface area contributed by atoms with Crippen LogP contribution >= 0.6 is 0 Å². The number of hydrogen-bond donors (Lipinski definition) is 0. The van der Waals surface area contributed by atoms with E-state index in [0.717, 1.165) is 12.8 Å². The number of Topliss-reactive ketones (excluding diaryl/α,β-unsaturated/α-hetero) is 1. The van der Waals surface area contributed by atoms with E-state index < -0.39 is 12.2 Å². The first-order valence-electron chi connectivity index (χ1n) is 3.03. The van der Waals surface area contributed by atoms with Crippen LogP contribution in [0.5, 0.6) is 0 Å². The molecule has 0 atom stereocenters. The summed E-state index contributed by atoms with van der Waals surface area (Å²) < 4.78 is 22.9. The van der Waals surface area contributed by atoms with Crippen molar-refractivity contribution in [3.05, 3.63) is 0 Å². The van der Waals surface area contributed by atoms with Gasteiger partial charge >= 0.3 is 6.43 Å². The number of halogens is 2. The van der Waals surface area contributed by atoms with Crippen molar-refractivity contribution in [3.8, 4) is 11.8 Å². The van der Waals surface area contributed by atoms with Crippen LogP contribution in [0, 0.1) is 17.8 Å². The van der Waals surface area contributed by atoms with Gasteiger partial charge in [0, 0.05) is 5.92 Å². The molecule has 0 aromatic carbocycles. The Morgan fingerprint density at radius 2 is 2.10 bits per heavy atom. The third-order valence-corrected chi connectivity index (χ3v) is 1.18. The van der Waals surface area contributed by atoms with Crippen molar-refractivity contribution < 1.29 is 13.6 Å². The zero-order valence-electron chi connectivity index (χ0n) is 5.23. The summed E-state index contributed by atoms with van der Waals surface area (Å²) in [6.07, 6.45) is -1.03. The fourth-order valence-corrected chi connectivity index (χ4v) is 0.455. The van der Waals surface area contributed by atoms with Gasteiger partial charge in [-0.15, -0.1) is 0 Å². The van der Waals surface area contributed by atoms with Gasteiger partial charge < -0.3 is 0 Å². The van der Waals surface area contributed by atoms with Gasteiger partial charge in [-0.25, -0.2) is 8.78 Å². The van der Waals surface area contributed by atoms with Gasteiger partial charge in [0.1, 0.15) is 0 Å². The predicted octanol–water partition coefficient (Wildman–Crippen LogP) is 1.23. The van der Waals surface area contributed by atoms with Gasteiger partial charge in [0.25, 0.3) is 5.78 Å². The number of rotatable bonds is 1. The first-order chi connectivity index (χ1) is 4.70. The third-order valence-electron chi connectivity index (χ3n) is 1.18. The molecule has 0 bridgehead atoms. The molecule has 1 nitrogen and oxygen atoms in total. The van der Waals surface area contributed by atoms with E-state index in [-0.39, 0.29) is 5.92 Å². The van der Waals surface area contributed by atoms with E-state index in [9.17, 15) is 13.6 Å². The standard InChI is InChI=1S/C7H6F2O/c8-7(9)6(10)4-3-5-1-2-5/h5,7H,1-2H2. The monoisotopic (exact) mass is 144 g/mol. The summed E-state index contributed by atoms with van der Waals surface area (Å²) in [5.41, 5.74) is 0. The average molecular weight is 144 g/mol. The maximum atomic E-state index is 11.4. The van der Waals surface area contributed by atoms with Gasteiger partial charge in [-0.05, 0) is 18.8 Å². The van der Waals surface area contributed by atoms with Crippen molar-refractivity contribution in [3.63, 3.8) is 0 Å². The second-order valence-electron chi connectivity index (χ2n) is 2.21. The Balaban J connectivity index is 2.37. The zero-order valence-corrected chi connectivity index (χ0v) is 5.23. The van der Waals surface area contributed by atoms with Crippen LogP contribution in [0.4, 0.5) is 8.78 Å². The molecular formula is C7H6F2O. The Bertz CT molecular complexity index is 195. The smallest absolute Gasteiger partial charge is 0.278 e. The van der Waals surface area contributed by atoms with Gasteiger partial charge in [0.05, 0.1) is 0 Å². The molecule has 0 unspecified atom stereocenters. The van der Waals surface area contributed by atoms with Gasteiger partial charge in [-0.2, -0.15) is 0 Å². The minimum absolute atomic E-state index is 0.211. The molecule has 0 aromatic rings. The van der Waals surface area contributed by atoms with Crippen molar-refractivity contribution in [1.82, 2.24) is 0 Å². The number of alkyl halides is 2. The Kier molecular flexibility index (Phi) is 2.00. The van der Waals surface area contributed by atoms with Gasteiger partial charge in [-0.3, -0.25) is 4.79 Å². The lowest BCUT2D eigenvalue weighted by Gasteiger charge is -1.83. The summed E-state index contributed by atoms with van der Waals surface area (Å²) in [4.78, 5) is 10.2. The molecule has 0 spiro atoms. The third kappa shape index (κ3) is 2.14. The van der Waals surface area contributed by atoms with E-state index in [1.165, 1.54) is 0 Å². The van der Waals surface area contributed by atoms with Crippen LogP contribution in [-0.2, 0) is 4.79 Å². The molecule has 1 rings (SSSR count). The summed E-state index contributed by atoms with van der Waals surface area (Å²) in [5.74, 6) is 3.32. The SMILES string of the molecule is O=C(C#CC1CC1)C(F)F. The molecule has 0 heterocycles. The van der Waals surface area contributed by atoms with Crippen LogP contribution < -0.4 is 0 Å². The molecule has 0 aromatic heterocycles. The number of carbonyl (C=O) groups excluding carboxylic acids is 1. The highest BCUT2D eigenvalue weighted by atomic mass is 19.3. The normalized spacial score (nSPS) is 16.3. The van der Waals surface area contributed by atoms with Gasteiger partial charge in [0.15, 0.2) is 0 Å². The Labute approximate surface area is 57.4 Å². The second kappa shape index (κ2) is 2.78. The molecule has 0 saturated heterocycles. The van der Waals surface area contributed by atoms with E-state index in [1.807, 2.05) is 5.92 Å². The Hall–Kier alpha value is -0.910. The lowest BCUT2D eigenvalue weighted by atomic mass is 10.3. The molecule has 54 valence electrons. The molecule has 1 saturated carbocycles. The first-order valence-corrected chi connectivity index (χ1v) is 3.03. The van der Waals surface area contributed by atoms with Gasteiger partial charge in [0.2, 0.25) is 0 Å². The zero-order chi connectivity index (χ0) is 7.56. The van der Waals surface area contributed by atoms with Crippen molar-refractivity contribution in [1.29, 1.82) is 0 Å². The minimum Gasteiger partial charge on any atom is -0.278 e. The number of hydrogen-bond acceptors (Lipinski definition) is 1. The number of ketones is 1. The molecule has 0 radical (unpaired) electrons. The van der Waals surface area contributed by atoms with Crippen LogP contribution in [0.25, 0.3) is 0 Å². The second-order valence-corrected chi connectivity index (χ2v) is 2.21. The molecule has 1 fully saturated rings. The highest BCUT2D eigenvalue weighted by Gasteiger charge is 2.19. The van der Waals surface area contributed by atoms with E-state index in [2.05, 4.69) is 5.92 Å². The maximum absolute atomic E-state index is 11.4. The molecule has 1 aliphatic carbocycles. The predicted molar refractivity (Wildman–Crippen MR) is 31.5 cm³/mol. The fourth-order valence-electron chi connectivity index (χ4n) is 0.455. The topological polar surface area (TPSA) is 17.1 Å². The maximum Gasteiger partial charge on any atom is 0.308 e. The van der Waals surface area contributed by atoms with Crippen LogP contribution in [0.15, 0.2) is 0 Å². The first kappa shape index (κ1) is 7.20. The van der Waals surface area contributed by atoms with Crippen LogP contribution in [0.1, 0.15) is 12.8 Å². The molecule has 10 heavy (non-hydrogen) atoms. The van der Waals surface area contributed by atoms with Crippen LogP contribution in [0.3, 0.4) is 0 Å². The summed E-state index contributed by atoms with van der Waals surface area (Å²) in [5, 5.41) is 0. The molecular weight excluding hydrogens is 138 g/mol. The van der Waals surface area contributed by atoms with E-state index >= 15 is 0 Å². The van der Waals surface area contributed by atoms with Crippen LogP contribution in [0.2, 0.25) is 0 Å². The van der Waals surface area contributed by atoms with E-state index in [0.29, 0.717) is 0 Å². The van der Waals surface area contributed by atoms with Crippen molar-refractivity contribution in [2.45, 2.75) is 19.3 Å².